The summed E-state index contributed by atoms with van der Waals surface area (Å²) in [4.78, 5) is 6.45. The van der Waals surface area contributed by atoms with Gasteiger partial charge in [-0.1, -0.05) is 19.9 Å². The lowest BCUT2D eigenvalue weighted by atomic mass is 9.97. The fourth-order valence-electron chi connectivity index (χ4n) is 3.80. The van der Waals surface area contributed by atoms with Crippen LogP contribution in [0.3, 0.4) is 0 Å². The lowest BCUT2D eigenvalue weighted by Gasteiger charge is -2.27. The molecule has 4 heterocycles. The molecule has 1 aliphatic rings. The maximum Gasteiger partial charge on any atom is 0.227 e. The molecule has 1 saturated heterocycles. The van der Waals surface area contributed by atoms with E-state index in [0.717, 1.165) is 27.7 Å². The van der Waals surface area contributed by atoms with Crippen LogP contribution in [0.4, 0.5) is 10.3 Å². The van der Waals surface area contributed by atoms with Crippen molar-refractivity contribution in [3.63, 3.8) is 0 Å². The first-order valence-corrected chi connectivity index (χ1v) is 9.47. The minimum Gasteiger partial charge on any atom is -0.378 e. The van der Waals surface area contributed by atoms with Crippen LogP contribution in [0.5, 0.6) is 0 Å². The third kappa shape index (κ3) is 2.63. The Bertz CT molecular complexity index is 1160. The number of hydrogen-bond acceptors (Lipinski definition) is 5. The van der Waals surface area contributed by atoms with E-state index < -0.39 is 0 Å². The van der Waals surface area contributed by atoms with Gasteiger partial charge in [0.15, 0.2) is 5.82 Å². The summed E-state index contributed by atoms with van der Waals surface area (Å²) in [6.45, 7) is 6.82. The second-order valence-electron chi connectivity index (χ2n) is 7.35. The van der Waals surface area contributed by atoms with E-state index in [-0.39, 0.29) is 11.7 Å². The average molecular weight is 380 g/mol. The highest BCUT2D eigenvalue weighted by atomic mass is 19.1. The Labute approximate surface area is 161 Å². The van der Waals surface area contributed by atoms with Crippen LogP contribution in [0.15, 0.2) is 30.6 Å². The molecule has 0 aliphatic carbocycles. The molecule has 1 aliphatic heterocycles. The van der Waals surface area contributed by atoms with Crippen LogP contribution in [0.2, 0.25) is 0 Å². The van der Waals surface area contributed by atoms with Crippen LogP contribution in [0.25, 0.3) is 27.5 Å². The number of halogens is 1. The quantitative estimate of drug-likeness (QED) is 0.590. The zero-order chi connectivity index (χ0) is 19.3. The number of aromatic amines is 1. The van der Waals surface area contributed by atoms with E-state index >= 15 is 4.39 Å². The van der Waals surface area contributed by atoms with Crippen LogP contribution in [-0.2, 0) is 4.74 Å². The minimum atomic E-state index is -0.376. The molecule has 0 atom stereocenters. The van der Waals surface area contributed by atoms with Gasteiger partial charge in [0.25, 0.3) is 0 Å². The lowest BCUT2D eigenvalue weighted by molar-refractivity contribution is 0.121. The van der Waals surface area contributed by atoms with E-state index in [4.69, 9.17) is 9.84 Å². The molecule has 1 N–H and O–H groups in total. The molecule has 144 valence electrons. The molecule has 0 saturated carbocycles. The molecular formula is C20H21FN6O. The molecule has 28 heavy (non-hydrogen) atoms. The summed E-state index contributed by atoms with van der Waals surface area (Å²) in [5.41, 5.74) is 3.99. The predicted octanol–water partition coefficient (Wildman–Crippen LogP) is 3.37. The molecule has 3 aromatic heterocycles. The van der Waals surface area contributed by atoms with Crippen molar-refractivity contribution in [1.82, 2.24) is 24.8 Å². The summed E-state index contributed by atoms with van der Waals surface area (Å²) in [6, 6.07) is 5.97. The van der Waals surface area contributed by atoms with Crippen LogP contribution in [0.1, 0.15) is 25.5 Å². The number of nitrogens with zero attached hydrogens (tertiary/aromatic N) is 5. The summed E-state index contributed by atoms with van der Waals surface area (Å²) < 4.78 is 22.1. The molecule has 0 unspecified atom stereocenters. The van der Waals surface area contributed by atoms with Crippen molar-refractivity contribution in [2.75, 3.05) is 31.2 Å². The highest BCUT2D eigenvalue weighted by Gasteiger charge is 2.25. The van der Waals surface area contributed by atoms with Crippen LogP contribution in [-0.4, -0.2) is 51.1 Å². The monoisotopic (exact) mass is 380 g/mol. The number of ether oxygens (including phenoxy) is 1. The van der Waals surface area contributed by atoms with Crippen LogP contribution < -0.4 is 4.90 Å². The van der Waals surface area contributed by atoms with Gasteiger partial charge >= 0.3 is 0 Å². The largest absolute Gasteiger partial charge is 0.378 e. The second-order valence-corrected chi connectivity index (χ2v) is 7.35. The Kier molecular flexibility index (Phi) is 4.01. The molecule has 4 aromatic rings. The normalized spacial score (nSPS) is 15.2. The van der Waals surface area contributed by atoms with Gasteiger partial charge in [0.05, 0.1) is 36.8 Å². The highest BCUT2D eigenvalue weighted by Crippen LogP contribution is 2.36. The SMILES string of the molecule is CC(C)c1nn2c(N3CCOCC3)ncc(F)c2c1-c1ccc2[nH]ncc2c1. The smallest absolute Gasteiger partial charge is 0.227 e. The Morgan fingerprint density at radius 2 is 2.00 bits per heavy atom. The number of anilines is 1. The van der Waals surface area contributed by atoms with Gasteiger partial charge in [-0.15, -0.1) is 0 Å². The van der Waals surface area contributed by atoms with E-state index in [1.54, 1.807) is 10.7 Å². The zero-order valence-electron chi connectivity index (χ0n) is 15.8. The molecule has 0 amide bonds. The van der Waals surface area contributed by atoms with Crippen molar-refractivity contribution >= 4 is 22.4 Å². The van der Waals surface area contributed by atoms with E-state index in [9.17, 15) is 0 Å². The van der Waals surface area contributed by atoms with Crippen LogP contribution >= 0.6 is 0 Å². The summed E-state index contributed by atoms with van der Waals surface area (Å²) in [5.74, 6) is 0.405. The summed E-state index contributed by atoms with van der Waals surface area (Å²) in [5, 5.41) is 12.8. The van der Waals surface area contributed by atoms with Crippen LogP contribution in [0, 0.1) is 5.82 Å². The first-order chi connectivity index (χ1) is 13.6. The van der Waals surface area contributed by atoms with Crippen molar-refractivity contribution in [3.05, 3.63) is 42.1 Å². The van der Waals surface area contributed by atoms with Gasteiger partial charge in [-0.05, 0) is 23.6 Å². The van der Waals surface area contributed by atoms with Gasteiger partial charge in [0.1, 0.15) is 5.52 Å². The van der Waals surface area contributed by atoms with Gasteiger partial charge in [-0.2, -0.15) is 14.7 Å². The number of benzene rings is 1. The topological polar surface area (TPSA) is 71.3 Å². The number of fused-ring (bicyclic) bond motifs is 2. The molecule has 1 fully saturated rings. The van der Waals surface area contributed by atoms with Crippen molar-refractivity contribution in [1.29, 1.82) is 0 Å². The number of hydrogen-bond donors (Lipinski definition) is 1. The summed E-state index contributed by atoms with van der Waals surface area (Å²) in [6.07, 6.45) is 3.07. The van der Waals surface area contributed by atoms with Crippen molar-refractivity contribution in [2.24, 2.45) is 0 Å². The fraction of sp³-hybridized carbons (Fsp3) is 0.350. The second kappa shape index (κ2) is 6.56. The highest BCUT2D eigenvalue weighted by molar-refractivity contribution is 5.90. The Hall–Kier alpha value is -3.00. The third-order valence-corrected chi connectivity index (χ3v) is 5.19. The Morgan fingerprint density at radius 1 is 1.18 bits per heavy atom. The van der Waals surface area contributed by atoms with Gasteiger partial charge < -0.3 is 9.64 Å². The molecule has 0 spiro atoms. The molecule has 8 heteroatoms. The third-order valence-electron chi connectivity index (χ3n) is 5.19. The maximum absolute atomic E-state index is 15.0. The molecule has 1 aromatic carbocycles. The zero-order valence-corrected chi connectivity index (χ0v) is 15.8. The number of nitrogens with one attached hydrogen (secondary N) is 1. The lowest BCUT2D eigenvalue weighted by Crippen LogP contribution is -2.38. The van der Waals surface area contributed by atoms with Gasteiger partial charge in [-0.25, -0.2) is 9.37 Å². The summed E-state index contributed by atoms with van der Waals surface area (Å²) >= 11 is 0. The number of aromatic nitrogens is 5. The molecule has 0 bridgehead atoms. The maximum atomic E-state index is 15.0. The first-order valence-electron chi connectivity index (χ1n) is 9.47. The minimum absolute atomic E-state index is 0.131. The fourth-order valence-corrected chi connectivity index (χ4v) is 3.80. The molecule has 0 radical (unpaired) electrons. The van der Waals surface area contributed by atoms with Crippen molar-refractivity contribution in [2.45, 2.75) is 19.8 Å². The van der Waals surface area contributed by atoms with E-state index in [1.807, 2.05) is 18.2 Å². The predicted molar refractivity (Wildman–Crippen MR) is 105 cm³/mol. The van der Waals surface area contributed by atoms with E-state index in [2.05, 4.69) is 33.9 Å². The first kappa shape index (κ1) is 17.1. The number of H-pyrrole nitrogens is 1. The number of morpholine rings is 1. The van der Waals surface area contributed by atoms with Crippen molar-refractivity contribution < 1.29 is 9.13 Å². The Morgan fingerprint density at radius 3 is 2.79 bits per heavy atom. The Balaban J connectivity index is 1.78. The van der Waals surface area contributed by atoms with Crippen molar-refractivity contribution in [3.8, 4) is 11.1 Å². The number of rotatable bonds is 3. The summed E-state index contributed by atoms with van der Waals surface area (Å²) in [7, 11) is 0. The molecular weight excluding hydrogens is 359 g/mol. The van der Waals surface area contributed by atoms with E-state index in [0.29, 0.717) is 37.8 Å². The van der Waals surface area contributed by atoms with Gasteiger partial charge in [0.2, 0.25) is 5.95 Å². The average Bonchev–Trinajstić information content (AvgIpc) is 3.33. The van der Waals surface area contributed by atoms with E-state index in [1.165, 1.54) is 6.20 Å². The van der Waals surface area contributed by atoms with Gasteiger partial charge in [-0.3, -0.25) is 5.10 Å². The molecule has 5 rings (SSSR count). The molecule has 7 nitrogen and oxygen atoms in total. The standard InChI is InChI=1S/C20H21FN6O/c1-12(2)18-17(13-3-4-16-14(9-13)10-23-24-16)19-15(21)11-22-20(27(19)25-18)26-5-7-28-8-6-26/h3-4,9-12H,5-8H2,1-2H3,(H,23,24). The van der Waals surface area contributed by atoms with Gasteiger partial charge in [0, 0.05) is 24.0 Å².